The monoisotopic (exact) mass is 402 g/mol. The van der Waals surface area contributed by atoms with Crippen LogP contribution < -0.4 is 22.2 Å². The average Bonchev–Trinajstić information content (AvgIpc) is 2.96. The van der Waals surface area contributed by atoms with Gasteiger partial charge in [0.15, 0.2) is 5.82 Å². The summed E-state index contributed by atoms with van der Waals surface area (Å²) in [5, 5.41) is 12.9. The second-order valence-electron chi connectivity index (χ2n) is 8.86. The van der Waals surface area contributed by atoms with Crippen LogP contribution in [0.15, 0.2) is 10.9 Å². The molecule has 6 N–H and O–H groups in total. The Kier molecular flexibility index (Phi) is 4.57. The number of hydrogen-bond donors (Lipinski definition) is 4. The summed E-state index contributed by atoms with van der Waals surface area (Å²) in [6.07, 6.45) is 3.72. The highest BCUT2D eigenvalue weighted by molar-refractivity contribution is 6.02. The number of benzene rings is 1. The lowest BCUT2D eigenvalue weighted by molar-refractivity contribution is 0.0998. The molecule has 1 aliphatic heterocycles. The molecule has 0 saturated heterocycles. The highest BCUT2D eigenvalue weighted by Gasteiger charge is 2.36. The summed E-state index contributed by atoms with van der Waals surface area (Å²) in [6, 6.07) is 1.64. The standard InChI is InChI=1S/C21H27FN4O3/c1-21(2)8-7-13-16(20(24)29)19(28)15-14(26(13)21)9-12(17(22)18(15)23)25-10-3-5-11(27)6-4-10/h9-11,25,27H,3-8,23H2,1-2H3,(H2,24,29). The zero-order chi connectivity index (χ0) is 21.1. The lowest BCUT2D eigenvalue weighted by Crippen LogP contribution is -2.31. The number of primary amides is 1. The third kappa shape index (κ3) is 3.06. The van der Waals surface area contributed by atoms with Crippen molar-refractivity contribution >= 4 is 28.2 Å². The number of nitrogens with zero attached hydrogens (tertiary/aromatic N) is 1. The number of nitrogens with one attached hydrogen (secondary N) is 1. The smallest absolute Gasteiger partial charge is 0.254 e. The second kappa shape index (κ2) is 6.73. The van der Waals surface area contributed by atoms with Gasteiger partial charge in [0.1, 0.15) is 5.56 Å². The summed E-state index contributed by atoms with van der Waals surface area (Å²) in [6.45, 7) is 4.01. The van der Waals surface area contributed by atoms with E-state index in [1.165, 1.54) is 0 Å². The third-order valence-electron chi connectivity index (χ3n) is 6.41. The summed E-state index contributed by atoms with van der Waals surface area (Å²) in [5.74, 6) is -1.52. The van der Waals surface area contributed by atoms with Gasteiger partial charge in [0.05, 0.1) is 28.4 Å². The first-order chi connectivity index (χ1) is 13.6. The van der Waals surface area contributed by atoms with Crippen molar-refractivity contribution in [3.63, 3.8) is 0 Å². The Morgan fingerprint density at radius 2 is 1.97 bits per heavy atom. The Labute approximate surface area is 167 Å². The maximum Gasteiger partial charge on any atom is 0.254 e. The number of aliphatic hydroxyl groups excluding tert-OH is 1. The molecule has 0 spiro atoms. The molecule has 156 valence electrons. The van der Waals surface area contributed by atoms with E-state index in [1.54, 1.807) is 6.07 Å². The van der Waals surface area contributed by atoms with Crippen LogP contribution in [0.3, 0.4) is 0 Å². The lowest BCUT2D eigenvalue weighted by atomic mass is 9.93. The van der Waals surface area contributed by atoms with Gasteiger partial charge in [0.2, 0.25) is 5.43 Å². The number of carbonyl (C=O) groups is 1. The van der Waals surface area contributed by atoms with Crippen LogP contribution in [0.2, 0.25) is 0 Å². The average molecular weight is 402 g/mol. The van der Waals surface area contributed by atoms with Crippen molar-refractivity contribution in [2.24, 2.45) is 5.73 Å². The van der Waals surface area contributed by atoms with Gasteiger partial charge in [-0.25, -0.2) is 4.39 Å². The molecular formula is C21H27FN4O3. The Balaban J connectivity index is 1.95. The first-order valence-corrected chi connectivity index (χ1v) is 10.1. The molecule has 2 aromatic rings. The molecule has 2 heterocycles. The summed E-state index contributed by atoms with van der Waals surface area (Å²) >= 11 is 0. The number of fused-ring (bicyclic) bond motifs is 3. The molecule has 1 aromatic carbocycles. The fourth-order valence-corrected chi connectivity index (χ4v) is 4.86. The Morgan fingerprint density at radius 3 is 2.59 bits per heavy atom. The molecule has 1 aliphatic carbocycles. The van der Waals surface area contributed by atoms with Gasteiger partial charge >= 0.3 is 0 Å². The number of aliphatic hydroxyl groups is 1. The molecule has 7 nitrogen and oxygen atoms in total. The van der Waals surface area contributed by atoms with E-state index in [0.29, 0.717) is 30.5 Å². The number of pyridine rings is 1. The Bertz CT molecular complexity index is 1070. The Morgan fingerprint density at radius 1 is 1.31 bits per heavy atom. The number of halogens is 1. The van der Waals surface area contributed by atoms with Crippen LogP contribution in [0.1, 0.15) is 62.0 Å². The van der Waals surface area contributed by atoms with Crippen molar-refractivity contribution in [2.45, 2.75) is 70.1 Å². The van der Waals surface area contributed by atoms with Crippen LogP contribution in [0.25, 0.3) is 10.9 Å². The number of carbonyl (C=O) groups excluding carboxylic acids is 1. The van der Waals surface area contributed by atoms with E-state index in [1.807, 2.05) is 18.4 Å². The normalized spacial score (nSPS) is 23.2. The Hall–Kier alpha value is -2.61. The van der Waals surface area contributed by atoms with Gasteiger partial charge in [-0.1, -0.05) is 0 Å². The van der Waals surface area contributed by atoms with Crippen LogP contribution in [0.5, 0.6) is 0 Å². The number of nitrogens with two attached hydrogens (primary N) is 2. The molecule has 1 fully saturated rings. The first-order valence-electron chi connectivity index (χ1n) is 10.1. The highest BCUT2D eigenvalue weighted by Crippen LogP contribution is 2.39. The number of anilines is 2. The molecule has 1 amide bonds. The minimum absolute atomic E-state index is 0.000332. The fraction of sp³-hybridized carbons (Fsp3) is 0.524. The predicted octanol–water partition coefficient (Wildman–Crippen LogP) is 2.22. The quantitative estimate of drug-likeness (QED) is 0.586. The summed E-state index contributed by atoms with van der Waals surface area (Å²) in [5.41, 5.74) is 11.5. The van der Waals surface area contributed by atoms with Crippen molar-refractivity contribution in [2.75, 3.05) is 11.1 Å². The molecule has 1 saturated carbocycles. The minimum atomic E-state index is -0.818. The summed E-state index contributed by atoms with van der Waals surface area (Å²) in [7, 11) is 0. The van der Waals surface area contributed by atoms with E-state index in [9.17, 15) is 14.7 Å². The number of amides is 1. The van der Waals surface area contributed by atoms with Crippen molar-refractivity contribution in [1.29, 1.82) is 0 Å². The van der Waals surface area contributed by atoms with Gasteiger partial charge in [-0.15, -0.1) is 0 Å². The molecule has 0 atom stereocenters. The number of nitrogen functional groups attached to an aromatic ring is 1. The summed E-state index contributed by atoms with van der Waals surface area (Å²) in [4.78, 5) is 25.1. The zero-order valence-electron chi connectivity index (χ0n) is 16.7. The molecule has 8 heteroatoms. The third-order valence-corrected chi connectivity index (χ3v) is 6.41. The van der Waals surface area contributed by atoms with Gasteiger partial charge in [-0.2, -0.15) is 0 Å². The van der Waals surface area contributed by atoms with Crippen molar-refractivity contribution in [3.05, 3.63) is 33.4 Å². The van der Waals surface area contributed by atoms with E-state index >= 15 is 4.39 Å². The molecule has 29 heavy (non-hydrogen) atoms. The molecule has 2 aliphatic rings. The predicted molar refractivity (Wildman–Crippen MR) is 111 cm³/mol. The number of aromatic nitrogens is 1. The number of hydrogen-bond acceptors (Lipinski definition) is 5. The van der Waals surface area contributed by atoms with Crippen LogP contribution in [0.4, 0.5) is 15.8 Å². The zero-order valence-corrected chi connectivity index (χ0v) is 16.7. The van der Waals surface area contributed by atoms with Gasteiger partial charge in [-0.3, -0.25) is 9.59 Å². The molecule has 1 aromatic heterocycles. The molecule has 0 bridgehead atoms. The van der Waals surface area contributed by atoms with Crippen LogP contribution in [0, 0.1) is 5.82 Å². The molecule has 0 radical (unpaired) electrons. The molecular weight excluding hydrogens is 375 g/mol. The molecule has 0 unspecified atom stereocenters. The van der Waals surface area contributed by atoms with Gasteiger partial charge in [0.25, 0.3) is 5.91 Å². The van der Waals surface area contributed by atoms with Gasteiger partial charge in [-0.05, 0) is 58.4 Å². The van der Waals surface area contributed by atoms with Crippen LogP contribution in [-0.2, 0) is 12.0 Å². The van der Waals surface area contributed by atoms with E-state index < -0.39 is 17.2 Å². The number of rotatable bonds is 3. The van der Waals surface area contributed by atoms with Crippen molar-refractivity contribution in [1.82, 2.24) is 4.57 Å². The highest BCUT2D eigenvalue weighted by atomic mass is 19.1. The largest absolute Gasteiger partial charge is 0.396 e. The second-order valence-corrected chi connectivity index (χ2v) is 8.86. The van der Waals surface area contributed by atoms with E-state index in [2.05, 4.69) is 5.32 Å². The van der Waals surface area contributed by atoms with Gasteiger partial charge in [0, 0.05) is 17.3 Å². The van der Waals surface area contributed by atoms with E-state index in [4.69, 9.17) is 11.5 Å². The molecule has 4 rings (SSSR count). The van der Waals surface area contributed by atoms with Crippen LogP contribution in [-0.4, -0.2) is 27.7 Å². The fourth-order valence-electron chi connectivity index (χ4n) is 4.86. The van der Waals surface area contributed by atoms with Crippen LogP contribution >= 0.6 is 0 Å². The minimum Gasteiger partial charge on any atom is -0.396 e. The maximum atomic E-state index is 15.1. The lowest BCUT2D eigenvalue weighted by Gasteiger charge is -2.29. The van der Waals surface area contributed by atoms with Gasteiger partial charge < -0.3 is 26.5 Å². The summed E-state index contributed by atoms with van der Waals surface area (Å²) < 4.78 is 17.0. The van der Waals surface area contributed by atoms with E-state index in [0.717, 1.165) is 19.3 Å². The maximum absolute atomic E-state index is 15.1. The SMILES string of the molecule is CC1(C)CCc2c(C(N)=O)c(=O)c3c(N)c(F)c(NC4CCC(O)CC4)cc3n21. The van der Waals surface area contributed by atoms with Crippen molar-refractivity contribution in [3.8, 4) is 0 Å². The first kappa shape index (κ1) is 19.7. The van der Waals surface area contributed by atoms with E-state index in [-0.39, 0.29) is 40.0 Å². The van der Waals surface area contributed by atoms with Crippen molar-refractivity contribution < 1.29 is 14.3 Å². The topological polar surface area (TPSA) is 123 Å².